The van der Waals surface area contributed by atoms with Crippen molar-refractivity contribution in [2.24, 2.45) is 5.92 Å². The predicted octanol–water partition coefficient (Wildman–Crippen LogP) is 4.16. The minimum absolute atomic E-state index is 0.0527. The third kappa shape index (κ3) is 4.97. The Hall–Kier alpha value is -2.83. The van der Waals surface area contributed by atoms with E-state index >= 15 is 0 Å². The Morgan fingerprint density at radius 2 is 1.81 bits per heavy atom. The molecule has 0 radical (unpaired) electrons. The third-order valence-electron chi connectivity index (χ3n) is 6.52. The van der Waals surface area contributed by atoms with Gasteiger partial charge in [-0.2, -0.15) is 0 Å². The normalized spacial score (nSPS) is 15.7. The standard InChI is InChI=1S/C26H32N4O2/c1-3-19(4-2)25(30-13-15-32-16-14-30)18-28-26(31)22-17-24(20-9-11-27-12-10-20)29-23-8-6-5-7-21(22)23/h5-12,17,19,25H,3-4,13-16,18H2,1-2H3,(H,28,31)/t25-/m1/s1. The summed E-state index contributed by atoms with van der Waals surface area (Å²) in [6, 6.07) is 13.9. The molecule has 3 heterocycles. The fourth-order valence-electron chi connectivity index (χ4n) is 4.66. The Bertz CT molecular complexity index is 1030. The molecule has 4 rings (SSSR count). The van der Waals surface area contributed by atoms with Crippen LogP contribution in [0.2, 0.25) is 0 Å². The topological polar surface area (TPSA) is 67.4 Å². The fourth-order valence-corrected chi connectivity index (χ4v) is 4.66. The molecule has 0 bridgehead atoms. The van der Waals surface area contributed by atoms with Gasteiger partial charge in [0.1, 0.15) is 0 Å². The highest BCUT2D eigenvalue weighted by Crippen LogP contribution is 2.25. The molecule has 6 nitrogen and oxygen atoms in total. The van der Waals surface area contributed by atoms with Crippen LogP contribution in [0.25, 0.3) is 22.2 Å². The molecule has 1 aliphatic rings. The van der Waals surface area contributed by atoms with Crippen LogP contribution >= 0.6 is 0 Å². The first kappa shape index (κ1) is 22.4. The van der Waals surface area contributed by atoms with Gasteiger partial charge in [-0.05, 0) is 30.2 Å². The van der Waals surface area contributed by atoms with Crippen LogP contribution in [-0.4, -0.2) is 59.7 Å². The number of carbonyl (C=O) groups is 1. The molecule has 1 aromatic carbocycles. The van der Waals surface area contributed by atoms with Gasteiger partial charge in [-0.1, -0.05) is 44.9 Å². The number of hydrogen-bond donors (Lipinski definition) is 1. The quantitative estimate of drug-likeness (QED) is 0.579. The molecule has 0 aliphatic carbocycles. The molecule has 1 saturated heterocycles. The monoisotopic (exact) mass is 432 g/mol. The second-order valence-corrected chi connectivity index (χ2v) is 8.31. The zero-order valence-corrected chi connectivity index (χ0v) is 19.0. The van der Waals surface area contributed by atoms with Crippen molar-refractivity contribution < 1.29 is 9.53 Å². The lowest BCUT2D eigenvalue weighted by atomic mass is 9.92. The summed E-state index contributed by atoms with van der Waals surface area (Å²) in [7, 11) is 0. The van der Waals surface area contributed by atoms with Crippen LogP contribution in [0, 0.1) is 5.92 Å². The highest BCUT2D eigenvalue weighted by Gasteiger charge is 2.27. The second kappa shape index (κ2) is 10.7. The van der Waals surface area contributed by atoms with E-state index in [-0.39, 0.29) is 5.91 Å². The lowest BCUT2D eigenvalue weighted by molar-refractivity contribution is 0.00192. The highest BCUT2D eigenvalue weighted by molar-refractivity contribution is 6.07. The van der Waals surface area contributed by atoms with Crippen molar-refractivity contribution in [1.29, 1.82) is 0 Å². The molecule has 168 valence electrons. The van der Waals surface area contributed by atoms with E-state index in [1.807, 2.05) is 42.5 Å². The van der Waals surface area contributed by atoms with E-state index in [4.69, 9.17) is 9.72 Å². The van der Waals surface area contributed by atoms with Crippen LogP contribution in [0.5, 0.6) is 0 Å². The van der Waals surface area contributed by atoms with Gasteiger partial charge in [0.15, 0.2) is 0 Å². The van der Waals surface area contributed by atoms with E-state index in [9.17, 15) is 4.79 Å². The number of nitrogens with zero attached hydrogens (tertiary/aromatic N) is 3. The number of morpholine rings is 1. The Balaban J connectivity index is 1.61. The van der Waals surface area contributed by atoms with Gasteiger partial charge in [-0.25, -0.2) is 4.98 Å². The molecule has 32 heavy (non-hydrogen) atoms. The molecular weight excluding hydrogens is 400 g/mol. The predicted molar refractivity (Wildman–Crippen MR) is 128 cm³/mol. The fraction of sp³-hybridized carbons (Fsp3) is 0.423. The van der Waals surface area contributed by atoms with Gasteiger partial charge in [-0.3, -0.25) is 14.7 Å². The van der Waals surface area contributed by atoms with Gasteiger partial charge in [0, 0.05) is 49.0 Å². The van der Waals surface area contributed by atoms with Crippen molar-refractivity contribution in [3.8, 4) is 11.3 Å². The third-order valence-corrected chi connectivity index (χ3v) is 6.52. The van der Waals surface area contributed by atoms with E-state index in [0.717, 1.165) is 61.3 Å². The molecule has 0 saturated carbocycles. The van der Waals surface area contributed by atoms with Crippen LogP contribution in [-0.2, 0) is 4.74 Å². The molecule has 1 fully saturated rings. The maximum Gasteiger partial charge on any atom is 0.252 e. The molecule has 1 aliphatic heterocycles. The maximum absolute atomic E-state index is 13.4. The summed E-state index contributed by atoms with van der Waals surface area (Å²) in [4.78, 5) is 24.8. The average molecular weight is 433 g/mol. The number of benzene rings is 1. The molecule has 1 atom stereocenters. The van der Waals surface area contributed by atoms with Gasteiger partial charge in [0.05, 0.1) is 30.0 Å². The second-order valence-electron chi connectivity index (χ2n) is 8.31. The number of hydrogen-bond acceptors (Lipinski definition) is 5. The Kier molecular flexibility index (Phi) is 7.45. The Morgan fingerprint density at radius 1 is 1.09 bits per heavy atom. The number of carbonyl (C=O) groups excluding carboxylic acids is 1. The molecule has 1 N–H and O–H groups in total. The molecule has 0 spiro atoms. The number of rotatable bonds is 8. The minimum Gasteiger partial charge on any atom is -0.379 e. The highest BCUT2D eigenvalue weighted by atomic mass is 16.5. The van der Waals surface area contributed by atoms with Gasteiger partial charge < -0.3 is 10.1 Å². The summed E-state index contributed by atoms with van der Waals surface area (Å²) in [5.74, 6) is 0.484. The SMILES string of the molecule is CCC(CC)[C@@H](CNC(=O)c1cc(-c2ccncc2)nc2ccccc12)N1CCOCC1. The summed E-state index contributed by atoms with van der Waals surface area (Å²) in [6.45, 7) is 8.46. The van der Waals surface area contributed by atoms with Gasteiger partial charge in [-0.15, -0.1) is 0 Å². The maximum atomic E-state index is 13.4. The van der Waals surface area contributed by atoms with Crippen molar-refractivity contribution in [2.45, 2.75) is 32.7 Å². The van der Waals surface area contributed by atoms with E-state index in [2.05, 4.69) is 29.0 Å². The zero-order chi connectivity index (χ0) is 22.3. The minimum atomic E-state index is -0.0527. The lowest BCUT2D eigenvalue weighted by Gasteiger charge is -2.38. The van der Waals surface area contributed by atoms with Crippen molar-refractivity contribution in [3.63, 3.8) is 0 Å². The molecular formula is C26H32N4O2. The number of aromatic nitrogens is 2. The van der Waals surface area contributed by atoms with Crippen molar-refractivity contribution in [1.82, 2.24) is 20.2 Å². The number of ether oxygens (including phenoxy) is 1. The number of amides is 1. The largest absolute Gasteiger partial charge is 0.379 e. The first-order valence-corrected chi connectivity index (χ1v) is 11.6. The van der Waals surface area contributed by atoms with Crippen LogP contribution in [0.15, 0.2) is 54.9 Å². The molecule has 3 aromatic rings. The first-order valence-electron chi connectivity index (χ1n) is 11.6. The van der Waals surface area contributed by atoms with E-state index < -0.39 is 0 Å². The van der Waals surface area contributed by atoms with E-state index in [0.29, 0.717) is 24.1 Å². The number of pyridine rings is 2. The van der Waals surface area contributed by atoms with Crippen LogP contribution < -0.4 is 5.32 Å². The molecule has 2 aromatic heterocycles. The Morgan fingerprint density at radius 3 is 2.53 bits per heavy atom. The summed E-state index contributed by atoms with van der Waals surface area (Å²) in [6.07, 6.45) is 5.68. The Labute approximate surface area is 190 Å². The first-order chi connectivity index (χ1) is 15.7. The molecule has 6 heteroatoms. The molecule has 0 unspecified atom stereocenters. The van der Waals surface area contributed by atoms with E-state index in [1.54, 1.807) is 12.4 Å². The van der Waals surface area contributed by atoms with Crippen LogP contribution in [0.4, 0.5) is 0 Å². The summed E-state index contributed by atoms with van der Waals surface area (Å²) in [5.41, 5.74) is 3.20. The van der Waals surface area contributed by atoms with Gasteiger partial charge in [0.2, 0.25) is 0 Å². The summed E-state index contributed by atoms with van der Waals surface area (Å²) in [5, 5.41) is 4.12. The lowest BCUT2D eigenvalue weighted by Crippen LogP contribution is -2.52. The van der Waals surface area contributed by atoms with E-state index in [1.165, 1.54) is 0 Å². The van der Waals surface area contributed by atoms with Crippen molar-refractivity contribution in [3.05, 3.63) is 60.4 Å². The van der Waals surface area contributed by atoms with Crippen LogP contribution in [0.1, 0.15) is 37.0 Å². The average Bonchev–Trinajstić information content (AvgIpc) is 2.86. The number of para-hydroxylation sites is 1. The van der Waals surface area contributed by atoms with Gasteiger partial charge in [0.25, 0.3) is 5.91 Å². The van der Waals surface area contributed by atoms with Crippen molar-refractivity contribution in [2.75, 3.05) is 32.8 Å². The summed E-state index contributed by atoms with van der Waals surface area (Å²) >= 11 is 0. The van der Waals surface area contributed by atoms with Crippen molar-refractivity contribution >= 4 is 16.8 Å². The van der Waals surface area contributed by atoms with Crippen LogP contribution in [0.3, 0.4) is 0 Å². The zero-order valence-electron chi connectivity index (χ0n) is 19.0. The number of nitrogens with one attached hydrogen (secondary N) is 1. The molecule has 1 amide bonds. The smallest absolute Gasteiger partial charge is 0.252 e. The summed E-state index contributed by atoms with van der Waals surface area (Å²) < 4.78 is 5.55. The van der Waals surface area contributed by atoms with Gasteiger partial charge >= 0.3 is 0 Å². The number of fused-ring (bicyclic) bond motifs is 1.